The smallest absolute Gasteiger partial charge is 0.248 e. The summed E-state index contributed by atoms with van der Waals surface area (Å²) < 4.78 is 20.0. The second-order valence-corrected chi connectivity index (χ2v) is 6.11. The highest BCUT2D eigenvalue weighted by Crippen LogP contribution is 2.33. The number of benzene rings is 2. The van der Waals surface area contributed by atoms with Crippen LogP contribution in [0, 0.1) is 5.82 Å². The zero-order valence-corrected chi connectivity index (χ0v) is 14.7. The number of carbonyl (C=O) groups excluding carboxylic acids is 1. The van der Waals surface area contributed by atoms with Crippen LogP contribution in [0.4, 0.5) is 10.1 Å². The third-order valence-corrected chi connectivity index (χ3v) is 3.79. The molecule has 2 rings (SSSR count). The molecule has 3 nitrogen and oxygen atoms in total. The molecule has 0 atom stereocenters. The van der Waals surface area contributed by atoms with E-state index >= 15 is 0 Å². The van der Waals surface area contributed by atoms with Gasteiger partial charge in [0, 0.05) is 21.8 Å². The molecule has 0 aliphatic carbocycles. The van der Waals surface area contributed by atoms with Crippen molar-refractivity contribution in [3.05, 3.63) is 62.8 Å². The van der Waals surface area contributed by atoms with E-state index in [0.717, 1.165) is 14.5 Å². The number of hydrogen-bond acceptors (Lipinski definition) is 2. The monoisotopic (exact) mass is 427 g/mol. The minimum absolute atomic E-state index is 0.358. The highest BCUT2D eigenvalue weighted by Gasteiger charge is 2.07. The zero-order chi connectivity index (χ0) is 16.1. The highest BCUT2D eigenvalue weighted by atomic mass is 79.9. The van der Waals surface area contributed by atoms with Gasteiger partial charge in [0.2, 0.25) is 5.91 Å². The highest BCUT2D eigenvalue weighted by molar-refractivity contribution is 9.11. The van der Waals surface area contributed by atoms with Crippen molar-refractivity contribution in [2.24, 2.45) is 0 Å². The molecule has 0 unspecified atom stereocenters. The Labute approximate surface area is 144 Å². The van der Waals surface area contributed by atoms with Crippen LogP contribution in [-0.2, 0) is 4.79 Å². The molecule has 22 heavy (non-hydrogen) atoms. The minimum Gasteiger partial charge on any atom is -0.495 e. The van der Waals surface area contributed by atoms with Gasteiger partial charge in [-0.25, -0.2) is 4.39 Å². The van der Waals surface area contributed by atoms with Gasteiger partial charge in [-0.15, -0.1) is 0 Å². The van der Waals surface area contributed by atoms with Gasteiger partial charge >= 0.3 is 0 Å². The maximum atomic E-state index is 13.1. The second-order valence-electron chi connectivity index (χ2n) is 4.34. The number of methoxy groups -OCH3 is 1. The van der Waals surface area contributed by atoms with Crippen LogP contribution in [0.2, 0.25) is 0 Å². The standard InChI is InChI=1S/C16H12Br2FNO2/c1-22-16-10(7-11(17)8-14(16)18)5-6-15(21)20-13-4-2-3-12(19)9-13/h2-9H,1H3,(H,20,21). The van der Waals surface area contributed by atoms with Crippen LogP contribution in [0.25, 0.3) is 6.08 Å². The molecule has 6 heteroatoms. The Hall–Kier alpha value is -1.66. The normalized spacial score (nSPS) is 10.7. The van der Waals surface area contributed by atoms with E-state index in [1.54, 1.807) is 19.3 Å². The van der Waals surface area contributed by atoms with Gasteiger partial charge in [-0.05, 0) is 52.3 Å². The SMILES string of the molecule is COc1c(Br)cc(Br)cc1C=CC(=O)Nc1cccc(F)c1. The Morgan fingerprint density at radius 3 is 2.73 bits per heavy atom. The number of hydrogen-bond donors (Lipinski definition) is 1. The first-order chi connectivity index (χ1) is 10.5. The molecule has 0 fully saturated rings. The molecule has 0 heterocycles. The van der Waals surface area contributed by atoms with E-state index in [1.165, 1.54) is 24.3 Å². The number of nitrogens with one attached hydrogen (secondary N) is 1. The van der Waals surface area contributed by atoms with Crippen molar-refractivity contribution in [2.75, 3.05) is 12.4 Å². The molecule has 0 aliphatic rings. The van der Waals surface area contributed by atoms with Gasteiger partial charge in [0.1, 0.15) is 11.6 Å². The first kappa shape index (κ1) is 16.7. The van der Waals surface area contributed by atoms with Crippen molar-refractivity contribution in [3.8, 4) is 5.75 Å². The molecular formula is C16H12Br2FNO2. The Morgan fingerprint density at radius 2 is 2.05 bits per heavy atom. The second kappa shape index (κ2) is 7.56. The predicted octanol–water partition coefficient (Wildman–Crippen LogP) is 5.01. The number of carbonyl (C=O) groups is 1. The summed E-state index contributed by atoms with van der Waals surface area (Å²) in [5.74, 6) is -0.138. The number of halogens is 3. The quantitative estimate of drug-likeness (QED) is 0.695. The molecule has 0 aliphatic heterocycles. The van der Waals surface area contributed by atoms with Crippen LogP contribution in [-0.4, -0.2) is 13.0 Å². The summed E-state index contributed by atoms with van der Waals surface area (Å²) in [5, 5.41) is 2.59. The molecule has 0 aromatic heterocycles. The maximum Gasteiger partial charge on any atom is 0.248 e. The van der Waals surface area contributed by atoms with E-state index in [9.17, 15) is 9.18 Å². The van der Waals surface area contributed by atoms with Gasteiger partial charge in [0.25, 0.3) is 0 Å². The lowest BCUT2D eigenvalue weighted by molar-refractivity contribution is -0.111. The fourth-order valence-electron chi connectivity index (χ4n) is 1.84. The summed E-state index contributed by atoms with van der Waals surface area (Å²) in [6, 6.07) is 9.39. The fraction of sp³-hybridized carbons (Fsp3) is 0.0625. The van der Waals surface area contributed by atoms with E-state index in [1.807, 2.05) is 12.1 Å². The first-order valence-electron chi connectivity index (χ1n) is 6.27. The Morgan fingerprint density at radius 1 is 1.27 bits per heavy atom. The molecule has 0 spiro atoms. The van der Waals surface area contributed by atoms with Crippen LogP contribution in [0.5, 0.6) is 5.75 Å². The number of anilines is 1. The zero-order valence-electron chi connectivity index (χ0n) is 11.6. The summed E-state index contributed by atoms with van der Waals surface area (Å²) >= 11 is 6.78. The number of amides is 1. The third-order valence-electron chi connectivity index (χ3n) is 2.75. The first-order valence-corrected chi connectivity index (χ1v) is 7.86. The molecular weight excluding hydrogens is 417 g/mol. The third kappa shape index (κ3) is 4.42. The Bertz CT molecular complexity index is 732. The molecule has 0 saturated heterocycles. The summed E-state index contributed by atoms with van der Waals surface area (Å²) in [6.45, 7) is 0. The molecule has 2 aromatic rings. The molecule has 114 valence electrons. The van der Waals surface area contributed by atoms with Crippen LogP contribution in [0.15, 0.2) is 51.4 Å². The van der Waals surface area contributed by atoms with E-state index in [2.05, 4.69) is 37.2 Å². The molecule has 0 radical (unpaired) electrons. The summed E-state index contributed by atoms with van der Waals surface area (Å²) in [7, 11) is 1.55. The number of rotatable bonds is 4. The Kier molecular flexibility index (Phi) is 5.74. The minimum atomic E-state index is -0.403. The van der Waals surface area contributed by atoms with Gasteiger partial charge in [-0.3, -0.25) is 4.79 Å². The van der Waals surface area contributed by atoms with Crippen molar-refractivity contribution in [2.45, 2.75) is 0 Å². The van der Waals surface area contributed by atoms with Crippen molar-refractivity contribution in [1.29, 1.82) is 0 Å². The lowest BCUT2D eigenvalue weighted by Crippen LogP contribution is -2.07. The van der Waals surface area contributed by atoms with E-state index in [4.69, 9.17) is 4.74 Å². The topological polar surface area (TPSA) is 38.3 Å². The molecule has 1 amide bonds. The molecule has 1 N–H and O–H groups in total. The van der Waals surface area contributed by atoms with Gasteiger partial charge in [-0.2, -0.15) is 0 Å². The van der Waals surface area contributed by atoms with Crippen LogP contribution < -0.4 is 10.1 Å². The summed E-state index contributed by atoms with van der Waals surface area (Å²) in [4.78, 5) is 11.9. The molecule has 0 saturated carbocycles. The van der Waals surface area contributed by atoms with Gasteiger partial charge in [-0.1, -0.05) is 22.0 Å². The predicted molar refractivity (Wildman–Crippen MR) is 92.5 cm³/mol. The summed E-state index contributed by atoms with van der Waals surface area (Å²) in [5.41, 5.74) is 1.13. The molecule has 2 aromatic carbocycles. The van der Waals surface area contributed by atoms with Gasteiger partial charge < -0.3 is 10.1 Å². The van der Waals surface area contributed by atoms with Crippen LogP contribution in [0.3, 0.4) is 0 Å². The Balaban J connectivity index is 2.16. The van der Waals surface area contributed by atoms with Crippen LogP contribution >= 0.6 is 31.9 Å². The average molecular weight is 429 g/mol. The lowest BCUT2D eigenvalue weighted by atomic mass is 10.2. The maximum absolute atomic E-state index is 13.1. The van der Waals surface area contributed by atoms with Crippen molar-refractivity contribution in [1.82, 2.24) is 0 Å². The largest absolute Gasteiger partial charge is 0.495 e. The molecule has 0 bridgehead atoms. The average Bonchev–Trinajstić information content (AvgIpc) is 2.44. The van der Waals surface area contributed by atoms with E-state index < -0.39 is 5.82 Å². The van der Waals surface area contributed by atoms with E-state index in [-0.39, 0.29) is 5.91 Å². The van der Waals surface area contributed by atoms with Crippen molar-refractivity contribution < 1.29 is 13.9 Å². The fourth-order valence-corrected chi connectivity index (χ4v) is 3.26. The van der Waals surface area contributed by atoms with Crippen molar-refractivity contribution in [3.63, 3.8) is 0 Å². The van der Waals surface area contributed by atoms with E-state index in [0.29, 0.717) is 11.4 Å². The van der Waals surface area contributed by atoms with Gasteiger partial charge in [0.05, 0.1) is 11.6 Å². The van der Waals surface area contributed by atoms with Crippen LogP contribution in [0.1, 0.15) is 5.56 Å². The van der Waals surface area contributed by atoms with Gasteiger partial charge in [0.15, 0.2) is 0 Å². The lowest BCUT2D eigenvalue weighted by Gasteiger charge is -2.08. The summed E-state index contributed by atoms with van der Waals surface area (Å²) in [6.07, 6.45) is 2.99. The number of ether oxygens (including phenoxy) is 1. The van der Waals surface area contributed by atoms with Crippen molar-refractivity contribution >= 4 is 49.5 Å².